The molecule has 0 spiro atoms. The fourth-order valence-electron chi connectivity index (χ4n) is 4.31. The van der Waals surface area contributed by atoms with E-state index in [4.69, 9.17) is 4.74 Å². The zero-order valence-electron chi connectivity index (χ0n) is 16.8. The molecule has 1 aromatic carbocycles. The molecule has 1 amide bonds. The van der Waals surface area contributed by atoms with Crippen molar-refractivity contribution in [2.75, 3.05) is 33.3 Å². The number of nitrogens with zero attached hydrogens (tertiary/aromatic N) is 5. The number of piperidine rings is 1. The third kappa shape index (κ3) is 4.04. The lowest BCUT2D eigenvalue weighted by molar-refractivity contribution is -0.130. The molecule has 0 aliphatic carbocycles. The predicted octanol–water partition coefficient (Wildman–Crippen LogP) is 2.07. The van der Waals surface area contributed by atoms with E-state index in [9.17, 15) is 4.79 Å². The topological polar surface area (TPSA) is 63.5 Å². The maximum atomic E-state index is 11.8. The summed E-state index contributed by atoms with van der Waals surface area (Å²) in [6.45, 7) is 7.08. The fourth-order valence-corrected chi connectivity index (χ4v) is 4.31. The Morgan fingerprint density at radius 1 is 1.14 bits per heavy atom. The molecule has 150 valence electrons. The van der Waals surface area contributed by atoms with E-state index in [0.717, 1.165) is 75.9 Å². The molecule has 0 radical (unpaired) electrons. The zero-order chi connectivity index (χ0) is 19.5. The highest BCUT2D eigenvalue weighted by Gasteiger charge is 2.29. The van der Waals surface area contributed by atoms with Crippen LogP contribution >= 0.6 is 0 Å². The number of hydrogen-bond acceptors (Lipinski definition) is 5. The summed E-state index contributed by atoms with van der Waals surface area (Å²) in [4.78, 5) is 16.2. The Labute approximate surface area is 166 Å². The molecule has 2 aromatic rings. The lowest BCUT2D eigenvalue weighted by Gasteiger charge is -2.31. The van der Waals surface area contributed by atoms with Crippen LogP contribution in [0.5, 0.6) is 5.75 Å². The average molecular weight is 383 g/mol. The molecular weight excluding hydrogens is 354 g/mol. The van der Waals surface area contributed by atoms with Crippen LogP contribution in [0.25, 0.3) is 0 Å². The summed E-state index contributed by atoms with van der Waals surface area (Å²) in [7, 11) is 1.69. The Kier molecular flexibility index (Phi) is 5.62. The average Bonchev–Trinajstić information content (AvgIpc) is 3.03. The van der Waals surface area contributed by atoms with E-state index in [1.807, 2.05) is 17.0 Å². The molecule has 4 rings (SSSR count). The maximum absolute atomic E-state index is 11.8. The lowest BCUT2D eigenvalue weighted by atomic mass is 9.97. The minimum Gasteiger partial charge on any atom is -0.497 e. The van der Waals surface area contributed by atoms with Crippen molar-refractivity contribution in [3.05, 3.63) is 41.5 Å². The van der Waals surface area contributed by atoms with Gasteiger partial charge >= 0.3 is 0 Å². The van der Waals surface area contributed by atoms with Gasteiger partial charge < -0.3 is 14.2 Å². The van der Waals surface area contributed by atoms with Gasteiger partial charge in [0.1, 0.15) is 17.4 Å². The SMILES string of the molecule is COc1ccc(CN2CCc3nnc([C@H]4CCCN(C(C)=O)C4)n3CC2)cc1. The molecular formula is C21H29N5O2. The van der Waals surface area contributed by atoms with Crippen LogP contribution in [-0.2, 0) is 24.3 Å². The van der Waals surface area contributed by atoms with Crippen LogP contribution in [0, 0.1) is 0 Å². The highest BCUT2D eigenvalue weighted by atomic mass is 16.5. The van der Waals surface area contributed by atoms with Crippen LogP contribution in [-0.4, -0.2) is 63.8 Å². The van der Waals surface area contributed by atoms with Crippen molar-refractivity contribution in [2.45, 2.75) is 45.2 Å². The number of carbonyl (C=O) groups excluding carboxylic acids is 1. The molecule has 7 nitrogen and oxygen atoms in total. The van der Waals surface area contributed by atoms with Crippen molar-refractivity contribution in [1.29, 1.82) is 0 Å². The van der Waals surface area contributed by atoms with Gasteiger partial charge in [0.2, 0.25) is 5.91 Å². The molecule has 2 aliphatic heterocycles. The summed E-state index contributed by atoms with van der Waals surface area (Å²) in [5.41, 5.74) is 1.29. The van der Waals surface area contributed by atoms with Crippen LogP contribution in [0.2, 0.25) is 0 Å². The summed E-state index contributed by atoms with van der Waals surface area (Å²) in [6.07, 6.45) is 3.03. The van der Waals surface area contributed by atoms with E-state index in [0.29, 0.717) is 5.92 Å². The van der Waals surface area contributed by atoms with Gasteiger partial charge in [0.25, 0.3) is 0 Å². The summed E-state index contributed by atoms with van der Waals surface area (Å²) >= 11 is 0. The predicted molar refractivity (Wildman–Crippen MR) is 106 cm³/mol. The number of methoxy groups -OCH3 is 1. The van der Waals surface area contributed by atoms with E-state index in [-0.39, 0.29) is 5.91 Å². The first kappa shape index (κ1) is 18.9. The second-order valence-corrected chi connectivity index (χ2v) is 7.80. The highest BCUT2D eigenvalue weighted by molar-refractivity contribution is 5.73. The van der Waals surface area contributed by atoms with Crippen LogP contribution in [0.15, 0.2) is 24.3 Å². The first-order valence-electron chi connectivity index (χ1n) is 10.2. The monoisotopic (exact) mass is 383 g/mol. The van der Waals surface area contributed by atoms with Crippen LogP contribution in [0.1, 0.15) is 42.9 Å². The second-order valence-electron chi connectivity index (χ2n) is 7.80. The van der Waals surface area contributed by atoms with Crippen molar-refractivity contribution < 1.29 is 9.53 Å². The Morgan fingerprint density at radius 2 is 1.96 bits per heavy atom. The van der Waals surface area contributed by atoms with Gasteiger partial charge in [0, 0.05) is 58.5 Å². The van der Waals surface area contributed by atoms with Crippen molar-refractivity contribution in [3.63, 3.8) is 0 Å². The zero-order valence-corrected chi connectivity index (χ0v) is 16.8. The molecule has 28 heavy (non-hydrogen) atoms. The van der Waals surface area contributed by atoms with E-state index in [1.54, 1.807) is 14.0 Å². The van der Waals surface area contributed by atoms with Gasteiger partial charge in [0.15, 0.2) is 0 Å². The summed E-state index contributed by atoms with van der Waals surface area (Å²) < 4.78 is 7.56. The molecule has 0 N–H and O–H groups in total. The van der Waals surface area contributed by atoms with E-state index < -0.39 is 0 Å². The molecule has 0 bridgehead atoms. The number of benzene rings is 1. The molecule has 1 aromatic heterocycles. The van der Waals surface area contributed by atoms with Gasteiger partial charge in [-0.1, -0.05) is 12.1 Å². The van der Waals surface area contributed by atoms with Gasteiger partial charge in [-0.15, -0.1) is 10.2 Å². The molecule has 1 saturated heterocycles. The Morgan fingerprint density at radius 3 is 2.71 bits per heavy atom. The summed E-state index contributed by atoms with van der Waals surface area (Å²) in [5.74, 6) is 3.49. The Bertz CT molecular complexity index is 817. The van der Waals surface area contributed by atoms with E-state index in [1.165, 1.54) is 5.56 Å². The Hall–Kier alpha value is -2.41. The van der Waals surface area contributed by atoms with Gasteiger partial charge in [-0.2, -0.15) is 0 Å². The molecule has 2 aliphatic rings. The van der Waals surface area contributed by atoms with Crippen LogP contribution < -0.4 is 4.74 Å². The van der Waals surface area contributed by atoms with Gasteiger partial charge in [-0.25, -0.2) is 0 Å². The van der Waals surface area contributed by atoms with Crippen LogP contribution in [0.3, 0.4) is 0 Å². The second kappa shape index (κ2) is 8.31. The van der Waals surface area contributed by atoms with Crippen molar-refractivity contribution >= 4 is 5.91 Å². The Balaban J connectivity index is 1.42. The molecule has 1 fully saturated rings. The number of rotatable bonds is 4. The van der Waals surface area contributed by atoms with Crippen molar-refractivity contribution in [1.82, 2.24) is 24.6 Å². The largest absolute Gasteiger partial charge is 0.497 e. The normalized spacial score (nSPS) is 20.5. The van der Waals surface area contributed by atoms with Gasteiger partial charge in [0.05, 0.1) is 7.11 Å². The quantitative estimate of drug-likeness (QED) is 0.809. The van der Waals surface area contributed by atoms with Crippen LogP contribution in [0.4, 0.5) is 0 Å². The number of likely N-dealkylation sites (tertiary alicyclic amines) is 1. The summed E-state index contributed by atoms with van der Waals surface area (Å²) in [6, 6.07) is 8.30. The number of ether oxygens (including phenoxy) is 1. The van der Waals surface area contributed by atoms with Gasteiger partial charge in [-0.05, 0) is 30.5 Å². The first-order chi connectivity index (χ1) is 13.6. The standard InChI is InChI=1S/C21H29N5O2/c1-16(27)25-10-3-4-18(15-25)21-23-22-20-9-11-24(12-13-26(20)21)14-17-5-7-19(28-2)8-6-17/h5-8,18H,3-4,9-15H2,1-2H3/t18-/m0/s1. The molecule has 1 atom stereocenters. The third-order valence-corrected chi connectivity index (χ3v) is 5.94. The fraction of sp³-hybridized carbons (Fsp3) is 0.571. The smallest absolute Gasteiger partial charge is 0.219 e. The van der Waals surface area contributed by atoms with Crippen molar-refractivity contribution in [2.24, 2.45) is 0 Å². The number of amides is 1. The molecule has 0 unspecified atom stereocenters. The molecule has 3 heterocycles. The minimum atomic E-state index is 0.158. The minimum absolute atomic E-state index is 0.158. The highest BCUT2D eigenvalue weighted by Crippen LogP contribution is 2.27. The lowest BCUT2D eigenvalue weighted by Crippen LogP contribution is -2.38. The van der Waals surface area contributed by atoms with Crippen molar-refractivity contribution in [3.8, 4) is 5.75 Å². The van der Waals surface area contributed by atoms with Gasteiger partial charge in [-0.3, -0.25) is 9.69 Å². The summed E-state index contributed by atoms with van der Waals surface area (Å²) in [5, 5.41) is 9.02. The number of fused-ring (bicyclic) bond motifs is 1. The maximum Gasteiger partial charge on any atom is 0.219 e. The number of aromatic nitrogens is 3. The number of hydrogen-bond donors (Lipinski definition) is 0. The van der Waals surface area contributed by atoms with E-state index in [2.05, 4.69) is 31.8 Å². The number of carbonyl (C=O) groups is 1. The molecule has 7 heteroatoms. The van der Waals surface area contributed by atoms with E-state index >= 15 is 0 Å². The first-order valence-corrected chi connectivity index (χ1v) is 10.2. The third-order valence-electron chi connectivity index (χ3n) is 5.94. The molecule has 0 saturated carbocycles.